The number of aromatic nitrogens is 1. The largest absolute Gasteiger partial charge is 0.313 e. The van der Waals surface area contributed by atoms with Gasteiger partial charge in [-0.15, -0.1) is 0 Å². The van der Waals surface area contributed by atoms with Crippen molar-refractivity contribution in [2.75, 3.05) is 7.05 Å². The lowest BCUT2D eigenvalue weighted by Gasteiger charge is -2.16. The first kappa shape index (κ1) is 12.7. The zero-order valence-electron chi connectivity index (χ0n) is 10.7. The van der Waals surface area contributed by atoms with Crippen LogP contribution in [0.25, 0.3) is 0 Å². The Morgan fingerprint density at radius 3 is 2.72 bits per heavy atom. The summed E-state index contributed by atoms with van der Waals surface area (Å²) >= 11 is 0. The minimum atomic E-state index is -0.204. The number of aryl methyl sites for hydroxylation is 1. The van der Waals surface area contributed by atoms with E-state index in [2.05, 4.69) is 10.3 Å². The monoisotopic (exact) mass is 244 g/mol. The summed E-state index contributed by atoms with van der Waals surface area (Å²) in [6, 6.07) is 10.8. The van der Waals surface area contributed by atoms with Gasteiger partial charge in [0.05, 0.1) is 0 Å². The lowest BCUT2D eigenvalue weighted by Crippen LogP contribution is -2.19. The summed E-state index contributed by atoms with van der Waals surface area (Å²) in [6.45, 7) is 2.01. The van der Waals surface area contributed by atoms with Crippen molar-refractivity contribution in [1.82, 2.24) is 10.3 Å². The van der Waals surface area contributed by atoms with E-state index in [1.807, 2.05) is 38.4 Å². The molecular weight excluding hydrogens is 227 g/mol. The number of nitrogens with zero attached hydrogens (tertiary/aromatic N) is 1. The van der Waals surface area contributed by atoms with E-state index in [1.54, 1.807) is 12.1 Å². The van der Waals surface area contributed by atoms with Crippen molar-refractivity contribution in [3.8, 4) is 0 Å². The number of rotatable bonds is 4. The second-order valence-electron chi connectivity index (χ2n) is 4.43. The Labute approximate surface area is 107 Å². The lowest BCUT2D eigenvalue weighted by atomic mass is 10.0. The Bertz CT molecular complexity index is 508. The van der Waals surface area contributed by atoms with Gasteiger partial charge in [0.25, 0.3) is 0 Å². The van der Waals surface area contributed by atoms with Crippen LogP contribution < -0.4 is 5.32 Å². The Morgan fingerprint density at radius 1 is 1.28 bits per heavy atom. The fourth-order valence-corrected chi connectivity index (χ4v) is 1.94. The van der Waals surface area contributed by atoms with Crippen LogP contribution in [-0.2, 0) is 6.42 Å². The molecule has 0 fully saturated rings. The van der Waals surface area contributed by atoms with Crippen LogP contribution in [0.4, 0.5) is 4.39 Å². The number of hydrogen-bond donors (Lipinski definition) is 1. The van der Waals surface area contributed by atoms with Crippen LogP contribution in [0, 0.1) is 12.7 Å². The highest BCUT2D eigenvalue weighted by Gasteiger charge is 2.11. The van der Waals surface area contributed by atoms with Crippen LogP contribution in [-0.4, -0.2) is 12.0 Å². The summed E-state index contributed by atoms with van der Waals surface area (Å²) in [5.41, 5.74) is 3.09. The first-order chi connectivity index (χ1) is 8.69. The quantitative estimate of drug-likeness (QED) is 0.894. The Balaban J connectivity index is 2.17. The highest BCUT2D eigenvalue weighted by Crippen LogP contribution is 2.18. The second-order valence-corrected chi connectivity index (χ2v) is 4.43. The van der Waals surface area contributed by atoms with Crippen molar-refractivity contribution >= 4 is 0 Å². The zero-order chi connectivity index (χ0) is 13.0. The van der Waals surface area contributed by atoms with Crippen molar-refractivity contribution in [1.29, 1.82) is 0 Å². The molecule has 0 aliphatic heterocycles. The van der Waals surface area contributed by atoms with Crippen molar-refractivity contribution in [3.63, 3.8) is 0 Å². The van der Waals surface area contributed by atoms with E-state index in [9.17, 15) is 4.39 Å². The average Bonchev–Trinajstić information content (AvgIpc) is 2.38. The van der Waals surface area contributed by atoms with Crippen LogP contribution in [0.1, 0.15) is 22.9 Å². The summed E-state index contributed by atoms with van der Waals surface area (Å²) in [7, 11) is 1.88. The molecule has 2 nitrogen and oxygen atoms in total. The molecule has 18 heavy (non-hydrogen) atoms. The van der Waals surface area contributed by atoms with Gasteiger partial charge < -0.3 is 5.32 Å². The first-order valence-electron chi connectivity index (χ1n) is 6.03. The molecule has 0 saturated carbocycles. The molecule has 0 bridgehead atoms. The molecule has 0 radical (unpaired) electrons. The van der Waals surface area contributed by atoms with E-state index < -0.39 is 0 Å². The third-order valence-electron chi connectivity index (χ3n) is 2.99. The Hall–Kier alpha value is -1.74. The Morgan fingerprint density at radius 2 is 2.11 bits per heavy atom. The normalized spacial score (nSPS) is 12.4. The van der Waals surface area contributed by atoms with E-state index in [1.165, 1.54) is 6.07 Å². The minimum Gasteiger partial charge on any atom is -0.313 e. The standard InChI is InChI=1S/C15H17FN2/c1-11-6-7-14(18-10-11)9-15(17-2)12-4-3-5-13(16)8-12/h3-8,10,15,17H,9H2,1-2H3. The SMILES string of the molecule is CNC(Cc1ccc(C)cn1)c1cccc(F)c1. The van der Waals surface area contributed by atoms with E-state index in [0.29, 0.717) is 0 Å². The molecule has 1 heterocycles. The molecule has 94 valence electrons. The van der Waals surface area contributed by atoms with Gasteiger partial charge in [-0.2, -0.15) is 0 Å². The maximum atomic E-state index is 13.2. The molecule has 0 spiro atoms. The third-order valence-corrected chi connectivity index (χ3v) is 2.99. The predicted octanol–water partition coefficient (Wildman–Crippen LogP) is 3.03. The highest BCUT2D eigenvalue weighted by atomic mass is 19.1. The predicted molar refractivity (Wildman–Crippen MR) is 70.9 cm³/mol. The number of halogens is 1. The molecule has 1 aromatic heterocycles. The van der Waals surface area contributed by atoms with Crippen LogP contribution >= 0.6 is 0 Å². The van der Waals surface area contributed by atoms with Crippen LogP contribution in [0.3, 0.4) is 0 Å². The number of likely N-dealkylation sites (N-methyl/N-ethyl adjacent to an activating group) is 1. The molecular formula is C15H17FN2. The molecule has 0 aliphatic carbocycles. The van der Waals surface area contributed by atoms with Gasteiger partial charge >= 0.3 is 0 Å². The molecule has 2 rings (SSSR count). The van der Waals surface area contributed by atoms with Gasteiger partial charge in [-0.3, -0.25) is 4.98 Å². The number of benzene rings is 1. The van der Waals surface area contributed by atoms with Gasteiger partial charge in [0.2, 0.25) is 0 Å². The summed E-state index contributed by atoms with van der Waals surface area (Å²) in [6.07, 6.45) is 2.61. The van der Waals surface area contributed by atoms with Gasteiger partial charge in [0, 0.05) is 24.4 Å². The summed E-state index contributed by atoms with van der Waals surface area (Å²) < 4.78 is 13.2. The van der Waals surface area contributed by atoms with Crippen LogP contribution in [0.2, 0.25) is 0 Å². The molecule has 1 atom stereocenters. The molecule has 0 aliphatic rings. The highest BCUT2D eigenvalue weighted by molar-refractivity contribution is 5.22. The summed E-state index contributed by atoms with van der Waals surface area (Å²) in [5.74, 6) is -0.204. The molecule has 0 saturated heterocycles. The maximum Gasteiger partial charge on any atom is 0.123 e. The molecule has 1 aromatic carbocycles. The molecule has 0 amide bonds. The van der Waals surface area contributed by atoms with Crippen molar-refractivity contribution in [2.24, 2.45) is 0 Å². The van der Waals surface area contributed by atoms with E-state index in [0.717, 1.165) is 23.2 Å². The molecule has 1 N–H and O–H groups in total. The van der Waals surface area contributed by atoms with Crippen LogP contribution in [0.5, 0.6) is 0 Å². The fraction of sp³-hybridized carbons (Fsp3) is 0.267. The van der Waals surface area contributed by atoms with Crippen LogP contribution in [0.15, 0.2) is 42.6 Å². The maximum absolute atomic E-state index is 13.2. The average molecular weight is 244 g/mol. The number of nitrogens with one attached hydrogen (secondary N) is 1. The molecule has 1 unspecified atom stereocenters. The zero-order valence-corrected chi connectivity index (χ0v) is 10.7. The lowest BCUT2D eigenvalue weighted by molar-refractivity contribution is 0.571. The van der Waals surface area contributed by atoms with Gasteiger partial charge in [0.15, 0.2) is 0 Å². The summed E-state index contributed by atoms with van der Waals surface area (Å²) in [4.78, 5) is 4.38. The van der Waals surface area contributed by atoms with Gasteiger partial charge in [-0.1, -0.05) is 18.2 Å². The topological polar surface area (TPSA) is 24.9 Å². The smallest absolute Gasteiger partial charge is 0.123 e. The van der Waals surface area contributed by atoms with Gasteiger partial charge in [-0.25, -0.2) is 4.39 Å². The summed E-state index contributed by atoms with van der Waals surface area (Å²) in [5, 5.41) is 3.20. The van der Waals surface area contributed by atoms with Crippen molar-refractivity contribution in [2.45, 2.75) is 19.4 Å². The van der Waals surface area contributed by atoms with E-state index in [-0.39, 0.29) is 11.9 Å². The second kappa shape index (κ2) is 5.74. The molecule has 2 aromatic rings. The van der Waals surface area contributed by atoms with Crippen molar-refractivity contribution < 1.29 is 4.39 Å². The number of pyridine rings is 1. The van der Waals surface area contributed by atoms with Gasteiger partial charge in [0.1, 0.15) is 5.82 Å². The molecule has 3 heteroatoms. The van der Waals surface area contributed by atoms with Gasteiger partial charge in [-0.05, 0) is 43.3 Å². The third kappa shape index (κ3) is 3.14. The van der Waals surface area contributed by atoms with E-state index in [4.69, 9.17) is 0 Å². The fourth-order valence-electron chi connectivity index (χ4n) is 1.94. The van der Waals surface area contributed by atoms with E-state index >= 15 is 0 Å². The Kier molecular flexibility index (Phi) is 4.05. The van der Waals surface area contributed by atoms with Crippen molar-refractivity contribution in [3.05, 3.63) is 65.2 Å². The number of hydrogen-bond acceptors (Lipinski definition) is 2. The first-order valence-corrected chi connectivity index (χ1v) is 6.03. The minimum absolute atomic E-state index is 0.0795.